The van der Waals surface area contributed by atoms with Gasteiger partial charge >= 0.3 is 0 Å². The van der Waals surface area contributed by atoms with Crippen LogP contribution in [0.4, 0.5) is 8.78 Å². The van der Waals surface area contributed by atoms with E-state index in [1.54, 1.807) is 36.7 Å². The lowest BCUT2D eigenvalue weighted by atomic mass is 10.0. The quantitative estimate of drug-likeness (QED) is 0.622. The van der Waals surface area contributed by atoms with Crippen molar-refractivity contribution in [2.24, 2.45) is 0 Å². The molecule has 0 aliphatic heterocycles. The largest absolute Gasteiger partial charge is 0.263 e. The highest BCUT2D eigenvalue weighted by atomic mass is 35.5. The van der Waals surface area contributed by atoms with Crippen LogP contribution in [0.2, 0.25) is 5.02 Å². The maximum Gasteiger partial charge on any atom is 0.123 e. The summed E-state index contributed by atoms with van der Waals surface area (Å²) in [6.45, 7) is 0. The Bertz CT molecular complexity index is 739. The van der Waals surface area contributed by atoms with E-state index in [0.29, 0.717) is 27.3 Å². The molecule has 4 heteroatoms. The molecule has 0 atom stereocenters. The van der Waals surface area contributed by atoms with Crippen molar-refractivity contribution in [3.63, 3.8) is 0 Å². The molecule has 21 heavy (non-hydrogen) atoms. The third kappa shape index (κ3) is 2.78. The van der Waals surface area contributed by atoms with Gasteiger partial charge in [-0.2, -0.15) is 0 Å². The summed E-state index contributed by atoms with van der Waals surface area (Å²) < 4.78 is 26.7. The van der Waals surface area contributed by atoms with E-state index in [2.05, 4.69) is 4.98 Å². The van der Waals surface area contributed by atoms with Crippen LogP contribution < -0.4 is 0 Å². The zero-order chi connectivity index (χ0) is 14.8. The van der Waals surface area contributed by atoms with Crippen molar-refractivity contribution in [3.8, 4) is 22.3 Å². The van der Waals surface area contributed by atoms with Gasteiger partial charge in [-0.05, 0) is 35.4 Å². The summed E-state index contributed by atoms with van der Waals surface area (Å²) >= 11 is 6.40. The number of benzene rings is 2. The first-order valence-electron chi connectivity index (χ1n) is 6.30. The normalized spacial score (nSPS) is 10.6. The van der Waals surface area contributed by atoms with E-state index < -0.39 is 0 Å². The maximum absolute atomic E-state index is 13.3. The predicted octanol–water partition coefficient (Wildman–Crippen LogP) is 5.35. The first-order chi connectivity index (χ1) is 10.1. The Kier molecular flexibility index (Phi) is 3.67. The minimum atomic E-state index is -0.347. The SMILES string of the molecule is Fc1cccc(-c2cncc(-c3cccc(F)c3)c2Cl)c1. The first kappa shape index (κ1) is 13.7. The number of hydrogen-bond donors (Lipinski definition) is 0. The lowest BCUT2D eigenvalue weighted by molar-refractivity contribution is 0.628. The van der Waals surface area contributed by atoms with E-state index >= 15 is 0 Å². The van der Waals surface area contributed by atoms with E-state index in [9.17, 15) is 8.78 Å². The number of hydrogen-bond acceptors (Lipinski definition) is 1. The molecular weight excluding hydrogens is 292 g/mol. The molecule has 0 bridgehead atoms. The lowest BCUT2D eigenvalue weighted by Gasteiger charge is -2.09. The second-order valence-corrected chi connectivity index (χ2v) is 4.95. The van der Waals surface area contributed by atoms with Crippen molar-refractivity contribution in [3.05, 3.63) is 77.6 Å². The number of halogens is 3. The molecule has 3 aromatic rings. The van der Waals surface area contributed by atoms with Crippen LogP contribution in [0.3, 0.4) is 0 Å². The minimum absolute atomic E-state index is 0.347. The van der Waals surface area contributed by atoms with Crippen molar-refractivity contribution >= 4 is 11.6 Å². The van der Waals surface area contributed by atoms with Crippen molar-refractivity contribution in [1.29, 1.82) is 0 Å². The smallest absolute Gasteiger partial charge is 0.123 e. The van der Waals surface area contributed by atoms with Gasteiger partial charge in [-0.1, -0.05) is 35.9 Å². The van der Waals surface area contributed by atoms with Crippen LogP contribution in [0.5, 0.6) is 0 Å². The third-order valence-electron chi connectivity index (χ3n) is 3.15. The Balaban J connectivity index is 2.16. The summed E-state index contributed by atoms with van der Waals surface area (Å²) in [5.41, 5.74) is 2.48. The molecule has 0 spiro atoms. The molecule has 0 aliphatic carbocycles. The lowest BCUT2D eigenvalue weighted by Crippen LogP contribution is -1.88. The molecule has 0 N–H and O–H groups in total. The summed E-state index contributed by atoms with van der Waals surface area (Å²) in [5.74, 6) is -0.695. The molecule has 0 amide bonds. The number of pyridine rings is 1. The van der Waals surface area contributed by atoms with Gasteiger partial charge in [-0.25, -0.2) is 8.78 Å². The predicted molar refractivity (Wildman–Crippen MR) is 80.0 cm³/mol. The van der Waals surface area contributed by atoms with Crippen LogP contribution in [0, 0.1) is 11.6 Å². The van der Waals surface area contributed by atoms with Crippen LogP contribution in [0.15, 0.2) is 60.9 Å². The van der Waals surface area contributed by atoms with Crippen molar-refractivity contribution in [1.82, 2.24) is 4.98 Å². The summed E-state index contributed by atoms with van der Waals surface area (Å²) in [4.78, 5) is 4.13. The van der Waals surface area contributed by atoms with Crippen LogP contribution in [-0.4, -0.2) is 4.98 Å². The topological polar surface area (TPSA) is 12.9 Å². The van der Waals surface area contributed by atoms with Gasteiger partial charge < -0.3 is 0 Å². The number of aromatic nitrogens is 1. The van der Waals surface area contributed by atoms with Gasteiger partial charge in [-0.15, -0.1) is 0 Å². The highest BCUT2D eigenvalue weighted by Crippen LogP contribution is 2.35. The van der Waals surface area contributed by atoms with Gasteiger partial charge in [-0.3, -0.25) is 4.98 Å². The minimum Gasteiger partial charge on any atom is -0.263 e. The highest BCUT2D eigenvalue weighted by molar-refractivity contribution is 6.36. The molecule has 1 heterocycles. The molecule has 0 saturated heterocycles. The Morgan fingerprint density at radius 1 is 0.762 bits per heavy atom. The van der Waals surface area contributed by atoms with E-state index in [0.717, 1.165) is 0 Å². The van der Waals surface area contributed by atoms with Gasteiger partial charge in [0.2, 0.25) is 0 Å². The van der Waals surface area contributed by atoms with E-state index in [1.165, 1.54) is 24.3 Å². The van der Waals surface area contributed by atoms with Crippen molar-refractivity contribution in [2.75, 3.05) is 0 Å². The Morgan fingerprint density at radius 3 is 1.67 bits per heavy atom. The zero-order valence-electron chi connectivity index (χ0n) is 10.9. The molecule has 0 saturated carbocycles. The zero-order valence-corrected chi connectivity index (χ0v) is 11.6. The molecule has 1 aromatic heterocycles. The van der Waals surface area contributed by atoms with Gasteiger partial charge in [0.05, 0.1) is 5.02 Å². The molecular formula is C17H10ClF2N. The van der Waals surface area contributed by atoms with Crippen molar-refractivity contribution in [2.45, 2.75) is 0 Å². The summed E-state index contributed by atoms with van der Waals surface area (Å²) in [7, 11) is 0. The van der Waals surface area contributed by atoms with Gasteiger partial charge in [0.25, 0.3) is 0 Å². The second kappa shape index (κ2) is 5.62. The molecule has 0 unspecified atom stereocenters. The van der Waals surface area contributed by atoms with Crippen LogP contribution in [0.1, 0.15) is 0 Å². The first-order valence-corrected chi connectivity index (χ1v) is 6.68. The summed E-state index contributed by atoms with van der Waals surface area (Å²) in [6, 6.07) is 12.2. The van der Waals surface area contributed by atoms with E-state index in [-0.39, 0.29) is 11.6 Å². The number of nitrogens with zero attached hydrogens (tertiary/aromatic N) is 1. The molecule has 1 nitrogen and oxygen atoms in total. The van der Waals surface area contributed by atoms with Gasteiger partial charge in [0.15, 0.2) is 0 Å². The summed E-state index contributed by atoms with van der Waals surface area (Å²) in [5, 5.41) is 0.418. The molecule has 0 fully saturated rings. The molecule has 104 valence electrons. The van der Waals surface area contributed by atoms with Crippen LogP contribution in [0.25, 0.3) is 22.3 Å². The Hall–Kier alpha value is -2.26. The molecule has 2 aromatic carbocycles. The average molecular weight is 302 g/mol. The van der Waals surface area contributed by atoms with Gasteiger partial charge in [0.1, 0.15) is 11.6 Å². The Labute approximate surface area is 125 Å². The maximum atomic E-state index is 13.3. The molecule has 0 aliphatic rings. The molecule has 0 radical (unpaired) electrons. The van der Waals surface area contributed by atoms with E-state index in [1.807, 2.05) is 0 Å². The Morgan fingerprint density at radius 2 is 1.24 bits per heavy atom. The third-order valence-corrected chi connectivity index (χ3v) is 3.56. The standard InChI is InChI=1S/C17H10ClF2N/c18-17-15(11-3-1-5-13(19)7-11)9-21-10-16(17)12-4-2-6-14(20)8-12/h1-10H. The summed E-state index contributed by atoms with van der Waals surface area (Å²) in [6.07, 6.45) is 3.14. The fourth-order valence-electron chi connectivity index (χ4n) is 2.16. The van der Waals surface area contributed by atoms with Crippen molar-refractivity contribution < 1.29 is 8.78 Å². The number of rotatable bonds is 2. The molecule has 3 rings (SSSR count). The monoisotopic (exact) mass is 301 g/mol. The fraction of sp³-hybridized carbons (Fsp3) is 0. The van der Waals surface area contributed by atoms with E-state index in [4.69, 9.17) is 11.6 Å². The average Bonchev–Trinajstić information content (AvgIpc) is 2.47. The fourth-order valence-corrected chi connectivity index (χ4v) is 2.48. The van der Waals surface area contributed by atoms with Gasteiger partial charge in [0, 0.05) is 23.5 Å². The van der Waals surface area contributed by atoms with Crippen LogP contribution >= 0.6 is 11.6 Å². The second-order valence-electron chi connectivity index (χ2n) is 4.57. The highest BCUT2D eigenvalue weighted by Gasteiger charge is 2.11. The van der Waals surface area contributed by atoms with Crippen LogP contribution in [-0.2, 0) is 0 Å².